The van der Waals surface area contributed by atoms with Crippen LogP contribution in [0.15, 0.2) is 36.8 Å². The van der Waals surface area contributed by atoms with E-state index in [1.54, 1.807) is 18.6 Å². The lowest BCUT2D eigenvalue weighted by Gasteiger charge is -2.33. The third kappa shape index (κ3) is 3.27. The molecule has 2 aromatic heterocycles. The highest BCUT2D eigenvalue weighted by Gasteiger charge is 2.33. The minimum Gasteiger partial charge on any atom is -0.350 e. The van der Waals surface area contributed by atoms with Crippen LogP contribution in [0.4, 0.5) is 0 Å². The number of nitrogens with zero attached hydrogens (tertiary/aromatic N) is 4. The summed E-state index contributed by atoms with van der Waals surface area (Å²) in [7, 11) is 0. The summed E-state index contributed by atoms with van der Waals surface area (Å²) in [5, 5.41) is 7.38. The summed E-state index contributed by atoms with van der Waals surface area (Å²) in [6.45, 7) is 3.23. The normalized spacial score (nSPS) is 21.0. The number of carbonyl (C=O) groups is 1. The predicted octanol–water partition coefficient (Wildman–Crippen LogP) is 1.36. The lowest BCUT2D eigenvalue weighted by atomic mass is 10.1. The Bertz CT molecular complexity index is 679. The Balaban J connectivity index is 1.44. The Morgan fingerprint density at radius 1 is 1.30 bits per heavy atom. The number of amides is 1. The highest BCUT2D eigenvalue weighted by atomic mass is 16.2. The first-order chi connectivity index (χ1) is 11.3. The first-order valence-corrected chi connectivity index (χ1v) is 8.21. The van der Waals surface area contributed by atoms with Crippen LogP contribution in [0.1, 0.15) is 30.1 Å². The number of hydrogen-bond acceptors (Lipinski definition) is 4. The Labute approximate surface area is 135 Å². The smallest absolute Gasteiger partial charge is 0.246 e. The van der Waals surface area contributed by atoms with Crippen LogP contribution in [-0.4, -0.2) is 38.7 Å². The first-order valence-electron chi connectivity index (χ1n) is 8.21. The maximum absolute atomic E-state index is 12.7. The van der Waals surface area contributed by atoms with Gasteiger partial charge in [-0.05, 0) is 36.5 Å². The van der Waals surface area contributed by atoms with E-state index in [4.69, 9.17) is 0 Å². The molecule has 0 saturated heterocycles. The zero-order valence-corrected chi connectivity index (χ0v) is 13.1. The van der Waals surface area contributed by atoms with Crippen molar-refractivity contribution >= 4 is 5.91 Å². The van der Waals surface area contributed by atoms with Gasteiger partial charge in [0.05, 0.1) is 5.69 Å². The van der Waals surface area contributed by atoms with E-state index in [2.05, 4.69) is 20.3 Å². The van der Waals surface area contributed by atoms with Crippen LogP contribution >= 0.6 is 0 Å². The molecule has 1 aliphatic heterocycles. The van der Waals surface area contributed by atoms with Crippen LogP contribution in [0.25, 0.3) is 0 Å². The molecule has 1 atom stereocenters. The van der Waals surface area contributed by atoms with Gasteiger partial charge < -0.3 is 5.32 Å². The SMILES string of the molecule is O=C(NCc1cccnc1)C1CN(CC2CC2)Cc2ccnn21. The number of carbonyl (C=O) groups excluding carboxylic acids is 1. The minimum absolute atomic E-state index is 0.0271. The van der Waals surface area contributed by atoms with Crippen molar-refractivity contribution < 1.29 is 4.79 Å². The van der Waals surface area contributed by atoms with Crippen LogP contribution in [0.3, 0.4) is 0 Å². The van der Waals surface area contributed by atoms with Crippen molar-refractivity contribution in [3.63, 3.8) is 0 Å². The second-order valence-corrected chi connectivity index (χ2v) is 6.50. The quantitative estimate of drug-likeness (QED) is 0.906. The largest absolute Gasteiger partial charge is 0.350 e. The number of rotatable bonds is 5. The monoisotopic (exact) mass is 311 g/mol. The third-order valence-corrected chi connectivity index (χ3v) is 4.57. The van der Waals surface area contributed by atoms with Crippen LogP contribution in [-0.2, 0) is 17.9 Å². The fourth-order valence-corrected chi connectivity index (χ4v) is 3.17. The van der Waals surface area contributed by atoms with E-state index < -0.39 is 0 Å². The molecule has 0 radical (unpaired) electrons. The topological polar surface area (TPSA) is 63.1 Å². The van der Waals surface area contributed by atoms with Gasteiger partial charge in [-0.15, -0.1) is 0 Å². The Kier molecular flexibility index (Phi) is 3.83. The van der Waals surface area contributed by atoms with E-state index in [1.165, 1.54) is 12.8 Å². The van der Waals surface area contributed by atoms with Crippen molar-refractivity contribution in [1.82, 2.24) is 25.0 Å². The number of pyridine rings is 1. The van der Waals surface area contributed by atoms with Crippen molar-refractivity contribution in [3.05, 3.63) is 48.0 Å². The van der Waals surface area contributed by atoms with E-state index in [-0.39, 0.29) is 11.9 Å². The van der Waals surface area contributed by atoms with E-state index >= 15 is 0 Å². The lowest BCUT2D eigenvalue weighted by molar-refractivity contribution is -0.126. The number of fused-ring (bicyclic) bond motifs is 1. The number of aromatic nitrogens is 3. The molecule has 1 saturated carbocycles. The van der Waals surface area contributed by atoms with Crippen molar-refractivity contribution in [2.24, 2.45) is 5.92 Å². The molecule has 3 heterocycles. The lowest BCUT2D eigenvalue weighted by Crippen LogP contribution is -2.45. The summed E-state index contributed by atoms with van der Waals surface area (Å²) < 4.78 is 1.88. The minimum atomic E-state index is -0.246. The fourth-order valence-electron chi connectivity index (χ4n) is 3.17. The average Bonchev–Trinajstić information content (AvgIpc) is 3.26. The van der Waals surface area contributed by atoms with E-state index in [1.807, 2.05) is 22.9 Å². The molecule has 1 fully saturated rings. The van der Waals surface area contributed by atoms with Crippen LogP contribution < -0.4 is 5.32 Å². The van der Waals surface area contributed by atoms with Gasteiger partial charge in [0, 0.05) is 44.8 Å². The molecule has 1 unspecified atom stereocenters. The second-order valence-electron chi connectivity index (χ2n) is 6.50. The maximum atomic E-state index is 12.7. The Morgan fingerprint density at radius 2 is 2.22 bits per heavy atom. The molecule has 2 aliphatic rings. The van der Waals surface area contributed by atoms with Crippen LogP contribution in [0, 0.1) is 5.92 Å². The maximum Gasteiger partial charge on any atom is 0.246 e. The van der Waals surface area contributed by atoms with Crippen molar-refractivity contribution in [2.75, 3.05) is 13.1 Å². The van der Waals surface area contributed by atoms with Gasteiger partial charge >= 0.3 is 0 Å². The number of hydrogen-bond donors (Lipinski definition) is 1. The third-order valence-electron chi connectivity index (χ3n) is 4.57. The Hall–Kier alpha value is -2.21. The standard InChI is InChI=1S/C17H21N5O/c23-17(19-9-14-2-1-6-18-8-14)16-12-21(10-13-3-4-13)11-15-5-7-20-22(15)16/h1-2,5-8,13,16H,3-4,9-12H2,(H,19,23). The molecule has 0 spiro atoms. The molecular weight excluding hydrogens is 290 g/mol. The summed E-state index contributed by atoms with van der Waals surface area (Å²) in [5.74, 6) is 0.850. The van der Waals surface area contributed by atoms with E-state index in [0.29, 0.717) is 6.54 Å². The van der Waals surface area contributed by atoms with Gasteiger partial charge in [-0.1, -0.05) is 6.07 Å². The van der Waals surface area contributed by atoms with Gasteiger partial charge in [0.1, 0.15) is 6.04 Å². The van der Waals surface area contributed by atoms with Crippen LogP contribution in [0.2, 0.25) is 0 Å². The molecule has 23 heavy (non-hydrogen) atoms. The second kappa shape index (κ2) is 6.12. The van der Waals surface area contributed by atoms with Crippen molar-refractivity contribution in [3.8, 4) is 0 Å². The molecule has 0 aromatic carbocycles. The summed E-state index contributed by atoms with van der Waals surface area (Å²) in [6.07, 6.45) is 7.96. The van der Waals surface area contributed by atoms with Crippen molar-refractivity contribution in [2.45, 2.75) is 32.0 Å². The van der Waals surface area contributed by atoms with Crippen LogP contribution in [0.5, 0.6) is 0 Å². The fraction of sp³-hybridized carbons (Fsp3) is 0.471. The Morgan fingerprint density at radius 3 is 3.00 bits per heavy atom. The zero-order valence-electron chi connectivity index (χ0n) is 13.1. The average molecular weight is 311 g/mol. The molecule has 1 amide bonds. The zero-order chi connectivity index (χ0) is 15.6. The molecule has 120 valence electrons. The van der Waals surface area contributed by atoms with Gasteiger partial charge in [-0.25, -0.2) is 0 Å². The molecule has 4 rings (SSSR count). The van der Waals surface area contributed by atoms with Gasteiger partial charge in [-0.2, -0.15) is 5.10 Å². The molecular formula is C17H21N5O. The highest BCUT2D eigenvalue weighted by Crippen LogP contribution is 2.32. The molecule has 2 aromatic rings. The van der Waals surface area contributed by atoms with Gasteiger partial charge in [0.2, 0.25) is 5.91 Å². The predicted molar refractivity (Wildman–Crippen MR) is 85.3 cm³/mol. The summed E-state index contributed by atoms with van der Waals surface area (Å²) in [5.41, 5.74) is 2.13. The van der Waals surface area contributed by atoms with E-state index in [9.17, 15) is 4.79 Å². The number of nitrogens with one attached hydrogen (secondary N) is 1. The summed E-state index contributed by atoms with van der Waals surface area (Å²) >= 11 is 0. The van der Waals surface area contributed by atoms with Gasteiger partial charge in [0.15, 0.2) is 0 Å². The molecule has 6 heteroatoms. The molecule has 6 nitrogen and oxygen atoms in total. The van der Waals surface area contributed by atoms with E-state index in [0.717, 1.165) is 36.8 Å². The van der Waals surface area contributed by atoms with Gasteiger partial charge in [0.25, 0.3) is 0 Å². The van der Waals surface area contributed by atoms with Crippen molar-refractivity contribution in [1.29, 1.82) is 0 Å². The summed E-state index contributed by atoms with van der Waals surface area (Å²) in [6, 6.07) is 5.61. The first kappa shape index (κ1) is 14.4. The molecule has 0 bridgehead atoms. The van der Waals surface area contributed by atoms with Gasteiger partial charge in [-0.3, -0.25) is 19.4 Å². The molecule has 1 aliphatic carbocycles. The molecule has 1 N–H and O–H groups in total. The highest BCUT2D eigenvalue weighted by molar-refractivity contribution is 5.80. The summed E-state index contributed by atoms with van der Waals surface area (Å²) in [4.78, 5) is 19.1.